The molecule has 1 saturated heterocycles. The number of halogens is 1. The maximum absolute atomic E-state index is 5.68. The average Bonchev–Trinajstić information content (AvgIpc) is 2.47. The summed E-state index contributed by atoms with van der Waals surface area (Å²) in [6.07, 6.45) is 4.32. The van der Waals surface area contributed by atoms with Crippen molar-refractivity contribution in [2.75, 3.05) is 19.6 Å². The minimum absolute atomic E-state index is 0.554. The molecule has 1 aromatic rings. The molecule has 2 unspecified atom stereocenters. The van der Waals surface area contributed by atoms with Crippen LogP contribution in [-0.4, -0.2) is 36.6 Å². The van der Waals surface area contributed by atoms with Gasteiger partial charge in [-0.25, -0.2) is 0 Å². The highest BCUT2D eigenvalue weighted by molar-refractivity contribution is 6.25. The van der Waals surface area contributed by atoms with Crippen molar-refractivity contribution in [1.29, 1.82) is 0 Å². The van der Waals surface area contributed by atoms with E-state index in [1.165, 1.54) is 12.0 Å². The van der Waals surface area contributed by atoms with E-state index in [1.807, 2.05) is 6.08 Å². The zero-order valence-corrected chi connectivity index (χ0v) is 12.3. The maximum Gasteiger partial charge on any atom is 0.0265 e. The van der Waals surface area contributed by atoms with Crippen LogP contribution in [0.4, 0.5) is 0 Å². The SMILES string of the molecule is CCC1CN(C/C=C/Cl)C(Cc2ccccc2)CN1. The fraction of sp³-hybridized carbons (Fsp3) is 0.500. The molecule has 0 saturated carbocycles. The molecule has 0 aliphatic carbocycles. The zero-order chi connectivity index (χ0) is 13.5. The van der Waals surface area contributed by atoms with E-state index in [9.17, 15) is 0 Å². The number of hydrogen-bond acceptors (Lipinski definition) is 2. The van der Waals surface area contributed by atoms with E-state index in [2.05, 4.69) is 47.5 Å². The molecule has 1 aliphatic rings. The van der Waals surface area contributed by atoms with Crippen molar-refractivity contribution in [3.05, 3.63) is 47.5 Å². The minimum Gasteiger partial charge on any atom is -0.311 e. The average molecular weight is 279 g/mol. The van der Waals surface area contributed by atoms with Crippen LogP contribution >= 0.6 is 11.6 Å². The number of piperazine rings is 1. The van der Waals surface area contributed by atoms with E-state index in [0.717, 1.165) is 26.1 Å². The van der Waals surface area contributed by atoms with Crippen molar-refractivity contribution in [3.8, 4) is 0 Å². The fourth-order valence-corrected chi connectivity index (χ4v) is 2.77. The molecule has 0 spiro atoms. The lowest BCUT2D eigenvalue weighted by Gasteiger charge is -2.40. The second kappa shape index (κ2) is 7.68. The number of benzene rings is 1. The molecular weight excluding hydrogens is 256 g/mol. The summed E-state index contributed by atoms with van der Waals surface area (Å²) >= 11 is 5.68. The molecule has 1 N–H and O–H groups in total. The molecule has 19 heavy (non-hydrogen) atoms. The normalized spacial score (nSPS) is 24.9. The summed E-state index contributed by atoms with van der Waals surface area (Å²) in [5.41, 5.74) is 3.03. The Labute approximate surface area is 121 Å². The van der Waals surface area contributed by atoms with E-state index < -0.39 is 0 Å². The molecule has 1 aliphatic heterocycles. The Balaban J connectivity index is 2.00. The molecule has 0 bridgehead atoms. The second-order valence-corrected chi connectivity index (χ2v) is 5.42. The van der Waals surface area contributed by atoms with Gasteiger partial charge in [-0.05, 0) is 18.4 Å². The van der Waals surface area contributed by atoms with Crippen LogP contribution in [0.3, 0.4) is 0 Å². The Hall–Kier alpha value is -0.830. The first-order valence-corrected chi connectivity index (χ1v) is 7.53. The van der Waals surface area contributed by atoms with Gasteiger partial charge in [0.25, 0.3) is 0 Å². The Morgan fingerprint density at radius 2 is 2.16 bits per heavy atom. The molecule has 2 nitrogen and oxygen atoms in total. The van der Waals surface area contributed by atoms with Crippen LogP contribution in [0.2, 0.25) is 0 Å². The molecule has 1 fully saturated rings. The van der Waals surface area contributed by atoms with Crippen molar-refractivity contribution >= 4 is 11.6 Å². The summed E-state index contributed by atoms with van der Waals surface area (Å²) in [5, 5.41) is 3.65. The Morgan fingerprint density at radius 3 is 2.84 bits per heavy atom. The van der Waals surface area contributed by atoms with Gasteiger partial charge in [0.05, 0.1) is 0 Å². The van der Waals surface area contributed by atoms with Gasteiger partial charge in [-0.2, -0.15) is 0 Å². The highest BCUT2D eigenvalue weighted by atomic mass is 35.5. The van der Waals surface area contributed by atoms with Crippen LogP contribution in [0.15, 0.2) is 41.9 Å². The maximum atomic E-state index is 5.68. The van der Waals surface area contributed by atoms with Crippen molar-refractivity contribution in [2.45, 2.75) is 31.8 Å². The minimum atomic E-state index is 0.554. The second-order valence-electron chi connectivity index (χ2n) is 5.17. The predicted molar refractivity (Wildman–Crippen MR) is 82.6 cm³/mol. The third kappa shape index (κ3) is 4.34. The van der Waals surface area contributed by atoms with Crippen LogP contribution < -0.4 is 5.32 Å². The molecule has 2 atom stereocenters. The van der Waals surface area contributed by atoms with Crippen molar-refractivity contribution in [2.24, 2.45) is 0 Å². The standard InChI is InChI=1S/C16H23ClN2/c1-2-15-13-19(10-6-9-17)16(12-18-15)11-14-7-4-3-5-8-14/h3-9,15-16,18H,2,10-13H2,1H3/b9-6+. The summed E-state index contributed by atoms with van der Waals surface area (Å²) in [6.45, 7) is 5.35. The van der Waals surface area contributed by atoms with Crippen LogP contribution in [0.1, 0.15) is 18.9 Å². The highest BCUT2D eigenvalue weighted by Gasteiger charge is 2.26. The molecule has 2 rings (SSSR count). The number of rotatable bonds is 5. The molecule has 1 aromatic carbocycles. The van der Waals surface area contributed by atoms with Gasteiger partial charge in [-0.3, -0.25) is 4.90 Å². The third-order valence-electron chi connectivity index (χ3n) is 3.85. The fourth-order valence-electron chi connectivity index (χ4n) is 2.69. The molecule has 0 aromatic heterocycles. The Bertz CT molecular complexity index is 391. The van der Waals surface area contributed by atoms with E-state index in [0.29, 0.717) is 12.1 Å². The summed E-state index contributed by atoms with van der Waals surface area (Å²) in [7, 11) is 0. The summed E-state index contributed by atoms with van der Waals surface area (Å²) in [5.74, 6) is 0. The Kier molecular flexibility index (Phi) is 5.90. The van der Waals surface area contributed by atoms with Gasteiger partial charge in [-0.1, -0.05) is 54.9 Å². The van der Waals surface area contributed by atoms with Crippen LogP contribution in [0, 0.1) is 0 Å². The van der Waals surface area contributed by atoms with E-state index >= 15 is 0 Å². The molecule has 0 amide bonds. The van der Waals surface area contributed by atoms with E-state index in [1.54, 1.807) is 5.54 Å². The zero-order valence-electron chi connectivity index (χ0n) is 11.6. The van der Waals surface area contributed by atoms with Crippen LogP contribution in [0.5, 0.6) is 0 Å². The molecular formula is C16H23ClN2. The van der Waals surface area contributed by atoms with Gasteiger partial charge in [0, 0.05) is 37.3 Å². The Morgan fingerprint density at radius 1 is 1.37 bits per heavy atom. The first-order chi connectivity index (χ1) is 9.33. The summed E-state index contributed by atoms with van der Waals surface area (Å²) in [6, 6.07) is 11.9. The lowest BCUT2D eigenvalue weighted by molar-refractivity contribution is 0.142. The number of nitrogens with zero attached hydrogens (tertiary/aromatic N) is 1. The van der Waals surface area contributed by atoms with Crippen molar-refractivity contribution in [3.63, 3.8) is 0 Å². The van der Waals surface area contributed by atoms with Gasteiger partial charge >= 0.3 is 0 Å². The van der Waals surface area contributed by atoms with Crippen molar-refractivity contribution in [1.82, 2.24) is 10.2 Å². The predicted octanol–water partition coefficient (Wildman–Crippen LogP) is 3.03. The lowest BCUT2D eigenvalue weighted by Crippen LogP contribution is -2.56. The first kappa shape index (κ1) is 14.6. The number of hydrogen-bond donors (Lipinski definition) is 1. The van der Waals surface area contributed by atoms with Gasteiger partial charge in [0.2, 0.25) is 0 Å². The third-order valence-corrected chi connectivity index (χ3v) is 4.03. The van der Waals surface area contributed by atoms with Gasteiger partial charge in [0.1, 0.15) is 0 Å². The first-order valence-electron chi connectivity index (χ1n) is 7.10. The molecule has 1 heterocycles. The summed E-state index contributed by atoms with van der Waals surface area (Å²) in [4.78, 5) is 2.54. The van der Waals surface area contributed by atoms with Gasteiger partial charge in [-0.15, -0.1) is 0 Å². The largest absolute Gasteiger partial charge is 0.311 e. The van der Waals surface area contributed by atoms with Gasteiger partial charge in [0.15, 0.2) is 0 Å². The molecule has 0 radical (unpaired) electrons. The van der Waals surface area contributed by atoms with Crippen LogP contribution in [-0.2, 0) is 6.42 Å². The monoisotopic (exact) mass is 278 g/mol. The summed E-state index contributed by atoms with van der Waals surface area (Å²) < 4.78 is 0. The lowest BCUT2D eigenvalue weighted by atomic mass is 10.00. The molecule has 3 heteroatoms. The van der Waals surface area contributed by atoms with Crippen molar-refractivity contribution < 1.29 is 0 Å². The smallest absolute Gasteiger partial charge is 0.0265 e. The number of nitrogens with one attached hydrogen (secondary N) is 1. The topological polar surface area (TPSA) is 15.3 Å². The highest BCUT2D eigenvalue weighted by Crippen LogP contribution is 2.14. The molecule has 104 valence electrons. The quantitative estimate of drug-likeness (QED) is 0.891. The van der Waals surface area contributed by atoms with E-state index in [-0.39, 0.29) is 0 Å². The van der Waals surface area contributed by atoms with E-state index in [4.69, 9.17) is 11.6 Å². The van der Waals surface area contributed by atoms with Crippen LogP contribution in [0.25, 0.3) is 0 Å². The van der Waals surface area contributed by atoms with Gasteiger partial charge < -0.3 is 5.32 Å².